The van der Waals surface area contributed by atoms with Gasteiger partial charge in [-0.2, -0.15) is 4.89 Å². The van der Waals surface area contributed by atoms with E-state index in [0.717, 1.165) is 5.56 Å². The Morgan fingerprint density at radius 3 is 2.20 bits per heavy atom. The highest BCUT2D eigenvalue weighted by atomic mass is 31.1. The molecule has 0 spiro atoms. The average molecular weight is 299 g/mol. The van der Waals surface area contributed by atoms with Crippen molar-refractivity contribution in [2.45, 2.75) is 24.9 Å². The van der Waals surface area contributed by atoms with Crippen molar-refractivity contribution in [3.05, 3.63) is 35.9 Å². The molecule has 0 radical (unpaired) electrons. The van der Waals surface area contributed by atoms with Crippen LogP contribution < -0.4 is 0 Å². The molecule has 0 aromatic heterocycles. The Bertz CT molecular complexity index is 487. The van der Waals surface area contributed by atoms with E-state index in [4.69, 9.17) is 10.2 Å². The van der Waals surface area contributed by atoms with Crippen molar-refractivity contribution in [1.29, 1.82) is 0 Å². The van der Waals surface area contributed by atoms with Crippen LogP contribution in [0.25, 0.3) is 0 Å². The number of rotatable bonds is 8. The van der Waals surface area contributed by atoms with Crippen molar-refractivity contribution in [2.75, 3.05) is 0 Å². The predicted molar refractivity (Wildman–Crippen MR) is 71.8 cm³/mol. The molecule has 1 rings (SSSR count). The van der Waals surface area contributed by atoms with Crippen LogP contribution in [0.2, 0.25) is 0 Å². The number of carboxylic acids is 2. The summed E-state index contributed by atoms with van der Waals surface area (Å²) in [6.07, 6.45) is -0.377. The molecule has 0 fully saturated rings. The van der Waals surface area contributed by atoms with Crippen molar-refractivity contribution in [3.63, 3.8) is 0 Å². The summed E-state index contributed by atoms with van der Waals surface area (Å²) in [6.45, 7) is 0. The summed E-state index contributed by atoms with van der Waals surface area (Å²) in [5.41, 5.74) is -0.249. The normalized spacial score (nSPS) is 14.3. The highest BCUT2D eigenvalue weighted by Gasteiger charge is 2.42. The first kappa shape index (κ1) is 16.3. The van der Waals surface area contributed by atoms with Crippen LogP contribution >= 0.6 is 8.03 Å². The molecule has 0 heterocycles. The Morgan fingerprint density at radius 2 is 1.75 bits per heavy atom. The molecule has 7 heteroatoms. The summed E-state index contributed by atoms with van der Waals surface area (Å²) in [4.78, 5) is 31.1. The molecule has 0 aliphatic carbocycles. The van der Waals surface area contributed by atoms with Gasteiger partial charge in [0.05, 0.1) is 0 Å². The van der Waals surface area contributed by atoms with Gasteiger partial charge in [-0.25, -0.2) is 0 Å². The SMILES string of the molecule is O=C(O)CCC(C(=O)O)C(Cc1ccccc1)[P+](=O)O. The number of aliphatic carboxylic acids is 2. The van der Waals surface area contributed by atoms with E-state index < -0.39 is 31.5 Å². The maximum Gasteiger partial charge on any atom is 0.509 e. The fourth-order valence-corrected chi connectivity index (χ4v) is 2.94. The van der Waals surface area contributed by atoms with Crippen LogP contribution in [-0.4, -0.2) is 32.7 Å². The van der Waals surface area contributed by atoms with E-state index >= 15 is 0 Å². The molecule has 6 nitrogen and oxygen atoms in total. The van der Waals surface area contributed by atoms with E-state index in [1.54, 1.807) is 30.3 Å². The van der Waals surface area contributed by atoms with E-state index in [0.29, 0.717) is 0 Å². The van der Waals surface area contributed by atoms with Gasteiger partial charge in [-0.15, -0.1) is 0 Å². The van der Waals surface area contributed by atoms with Gasteiger partial charge in [-0.1, -0.05) is 30.3 Å². The van der Waals surface area contributed by atoms with Crippen molar-refractivity contribution in [3.8, 4) is 0 Å². The summed E-state index contributed by atoms with van der Waals surface area (Å²) in [5, 5.41) is 17.8. The Hall–Kier alpha value is -1.78. The van der Waals surface area contributed by atoms with Gasteiger partial charge >= 0.3 is 20.0 Å². The van der Waals surface area contributed by atoms with Crippen LogP contribution in [0.1, 0.15) is 18.4 Å². The summed E-state index contributed by atoms with van der Waals surface area (Å²) < 4.78 is 11.4. The molecule has 0 saturated carbocycles. The zero-order chi connectivity index (χ0) is 15.1. The van der Waals surface area contributed by atoms with Crippen LogP contribution in [0, 0.1) is 5.92 Å². The van der Waals surface area contributed by atoms with E-state index in [1.165, 1.54) is 0 Å². The minimum atomic E-state index is -2.71. The number of carbonyl (C=O) groups is 2. The van der Waals surface area contributed by atoms with E-state index in [2.05, 4.69) is 0 Å². The molecular weight excluding hydrogens is 283 g/mol. The fourth-order valence-electron chi connectivity index (χ4n) is 1.99. The van der Waals surface area contributed by atoms with Crippen molar-refractivity contribution in [2.24, 2.45) is 5.92 Å². The summed E-state index contributed by atoms with van der Waals surface area (Å²) in [5.74, 6) is -3.52. The lowest BCUT2D eigenvalue weighted by atomic mass is 9.94. The van der Waals surface area contributed by atoms with Gasteiger partial charge in [-0.05, 0) is 16.5 Å². The summed E-state index contributed by atoms with van der Waals surface area (Å²) in [7, 11) is -2.71. The Balaban J connectivity index is 2.88. The molecule has 0 amide bonds. The van der Waals surface area contributed by atoms with Crippen LogP contribution in [0.3, 0.4) is 0 Å². The van der Waals surface area contributed by atoms with Crippen molar-refractivity contribution < 1.29 is 29.3 Å². The number of benzene rings is 1. The summed E-state index contributed by atoms with van der Waals surface area (Å²) >= 11 is 0. The molecule has 0 aliphatic rings. The second kappa shape index (κ2) is 7.72. The van der Waals surface area contributed by atoms with Gasteiger partial charge in [0.2, 0.25) is 5.66 Å². The molecule has 1 aromatic rings. The first-order valence-electron chi connectivity index (χ1n) is 6.05. The molecule has 3 N–H and O–H groups in total. The first-order chi connectivity index (χ1) is 9.41. The number of carboxylic acid groups (broad SMARTS) is 2. The number of hydrogen-bond acceptors (Lipinski definition) is 3. The zero-order valence-electron chi connectivity index (χ0n) is 10.7. The van der Waals surface area contributed by atoms with Gasteiger partial charge in [0.15, 0.2) is 0 Å². The second-order valence-electron chi connectivity index (χ2n) is 4.44. The van der Waals surface area contributed by atoms with Crippen molar-refractivity contribution >= 4 is 20.0 Å². The third-order valence-corrected chi connectivity index (χ3v) is 4.13. The molecule has 3 atom stereocenters. The molecule has 108 valence electrons. The van der Waals surface area contributed by atoms with Gasteiger partial charge < -0.3 is 10.2 Å². The smallest absolute Gasteiger partial charge is 0.481 e. The minimum Gasteiger partial charge on any atom is -0.481 e. The van der Waals surface area contributed by atoms with Crippen LogP contribution in [0.5, 0.6) is 0 Å². The van der Waals surface area contributed by atoms with Crippen LogP contribution in [-0.2, 0) is 20.6 Å². The molecule has 0 aliphatic heterocycles. The van der Waals surface area contributed by atoms with Crippen LogP contribution in [0.15, 0.2) is 30.3 Å². The maximum absolute atomic E-state index is 11.4. The number of hydrogen-bond donors (Lipinski definition) is 3. The molecule has 3 unspecified atom stereocenters. The Kier molecular flexibility index (Phi) is 6.28. The zero-order valence-corrected chi connectivity index (χ0v) is 11.6. The summed E-state index contributed by atoms with van der Waals surface area (Å²) in [6, 6.07) is 8.77. The quantitative estimate of drug-likeness (QED) is 0.632. The molecule has 0 saturated heterocycles. The lowest BCUT2D eigenvalue weighted by Crippen LogP contribution is -2.28. The predicted octanol–water partition coefficient (Wildman–Crippen LogP) is 1.90. The molecule has 20 heavy (non-hydrogen) atoms. The van der Waals surface area contributed by atoms with E-state index in [9.17, 15) is 19.0 Å². The third-order valence-electron chi connectivity index (χ3n) is 3.02. The monoisotopic (exact) mass is 299 g/mol. The van der Waals surface area contributed by atoms with Gasteiger partial charge in [0.1, 0.15) is 5.92 Å². The Labute approximate surface area is 116 Å². The van der Waals surface area contributed by atoms with Crippen LogP contribution in [0.4, 0.5) is 0 Å². The lowest BCUT2D eigenvalue weighted by Gasteiger charge is -2.13. The average Bonchev–Trinajstić information content (AvgIpc) is 2.38. The maximum atomic E-state index is 11.4. The van der Waals surface area contributed by atoms with Gasteiger partial charge in [0.25, 0.3) is 0 Å². The molecule has 1 aromatic carbocycles. The van der Waals surface area contributed by atoms with E-state index in [-0.39, 0.29) is 19.3 Å². The lowest BCUT2D eigenvalue weighted by molar-refractivity contribution is -0.143. The standard InChI is InChI=1S/C13H15O6P/c14-12(15)7-6-10(13(16)17)11(20(18)19)8-9-4-2-1-3-5-9/h1-5,10-11H,6-8H2,(H2-,14,15,16,17,18,19)/p+1. The minimum absolute atomic E-state index is 0.128. The Morgan fingerprint density at radius 1 is 1.15 bits per heavy atom. The highest BCUT2D eigenvalue weighted by Crippen LogP contribution is 2.34. The highest BCUT2D eigenvalue weighted by molar-refractivity contribution is 7.39. The second-order valence-corrected chi connectivity index (χ2v) is 5.71. The van der Waals surface area contributed by atoms with E-state index in [1.807, 2.05) is 0 Å². The first-order valence-corrected chi connectivity index (χ1v) is 7.33. The van der Waals surface area contributed by atoms with Gasteiger partial charge in [-0.3, -0.25) is 9.59 Å². The fraction of sp³-hybridized carbons (Fsp3) is 0.385. The topological polar surface area (TPSA) is 112 Å². The van der Waals surface area contributed by atoms with Gasteiger partial charge in [0, 0.05) is 12.8 Å². The molecular formula is C13H16O6P+. The third kappa shape index (κ3) is 5.07. The largest absolute Gasteiger partial charge is 0.509 e. The van der Waals surface area contributed by atoms with Crippen molar-refractivity contribution in [1.82, 2.24) is 0 Å². The molecule has 0 bridgehead atoms.